The van der Waals surface area contributed by atoms with Crippen molar-refractivity contribution in [2.75, 3.05) is 31.3 Å². The molecule has 0 aliphatic carbocycles. The molecule has 1 aromatic heterocycles. The lowest BCUT2D eigenvalue weighted by Gasteiger charge is -2.24. The van der Waals surface area contributed by atoms with Gasteiger partial charge < -0.3 is 24.1 Å². The first-order valence-corrected chi connectivity index (χ1v) is 17.7. The van der Waals surface area contributed by atoms with E-state index in [4.69, 9.17) is 18.9 Å². The number of ether oxygens (including phenoxy) is 4. The quantitative estimate of drug-likeness (QED) is 0.0532. The number of carbonyl (C=O) groups excluding carboxylic acids is 2. The monoisotopic (exact) mass is 687 g/mol. The third-order valence-electron chi connectivity index (χ3n) is 7.88. The smallest absolute Gasteiger partial charge is 0.301 e. The predicted molar refractivity (Wildman–Crippen MR) is 185 cm³/mol. The maximum absolute atomic E-state index is 13.8. The maximum atomic E-state index is 13.8. The van der Waals surface area contributed by atoms with Crippen molar-refractivity contribution in [3.8, 4) is 23.0 Å². The number of carbonyl (C=O) groups is 2. The highest BCUT2D eigenvalue weighted by molar-refractivity contribution is 8.00. The van der Waals surface area contributed by atoms with Gasteiger partial charge >= 0.3 is 5.91 Å². The largest absolute Gasteiger partial charge is 0.507 e. The van der Waals surface area contributed by atoms with Crippen LogP contribution >= 0.6 is 23.1 Å². The van der Waals surface area contributed by atoms with Crippen molar-refractivity contribution < 1.29 is 33.6 Å². The molecule has 1 atom stereocenters. The van der Waals surface area contributed by atoms with Gasteiger partial charge in [-0.15, -0.1) is 10.2 Å². The van der Waals surface area contributed by atoms with E-state index >= 15 is 0 Å². The lowest BCUT2D eigenvalue weighted by atomic mass is 9.95. The van der Waals surface area contributed by atoms with Gasteiger partial charge in [-0.05, 0) is 67.6 Å². The van der Waals surface area contributed by atoms with E-state index in [1.807, 2.05) is 13.8 Å². The van der Waals surface area contributed by atoms with Crippen LogP contribution in [0.3, 0.4) is 0 Å². The number of fused-ring (bicyclic) bond motifs is 1. The molecule has 0 spiro atoms. The van der Waals surface area contributed by atoms with Crippen LogP contribution in [0, 0.1) is 12.8 Å². The van der Waals surface area contributed by atoms with Crippen LogP contribution in [-0.4, -0.2) is 53.4 Å². The van der Waals surface area contributed by atoms with Gasteiger partial charge in [0.2, 0.25) is 5.13 Å². The molecule has 1 amide bonds. The molecular weight excluding hydrogens is 651 g/mol. The molecule has 6 rings (SSSR count). The lowest BCUT2D eigenvalue weighted by molar-refractivity contribution is -0.132. The van der Waals surface area contributed by atoms with Crippen LogP contribution in [0.2, 0.25) is 0 Å². The second-order valence-electron chi connectivity index (χ2n) is 11.8. The zero-order valence-electron chi connectivity index (χ0n) is 27.2. The number of thioether (sulfide) groups is 1. The molecule has 48 heavy (non-hydrogen) atoms. The number of nitrogens with zero attached hydrogens (tertiary/aromatic N) is 3. The van der Waals surface area contributed by atoms with Crippen LogP contribution in [-0.2, 0) is 15.3 Å². The second-order valence-corrected chi connectivity index (χ2v) is 14.0. The van der Waals surface area contributed by atoms with Gasteiger partial charge in [-0.25, -0.2) is 0 Å². The summed E-state index contributed by atoms with van der Waals surface area (Å²) in [5.74, 6) is 1.12. The van der Waals surface area contributed by atoms with Crippen LogP contribution in [0.4, 0.5) is 5.13 Å². The highest BCUT2D eigenvalue weighted by Gasteiger charge is 2.48. The van der Waals surface area contributed by atoms with E-state index in [-0.39, 0.29) is 16.5 Å². The number of anilines is 1. The first-order chi connectivity index (χ1) is 23.2. The van der Waals surface area contributed by atoms with Gasteiger partial charge in [0.15, 0.2) is 27.3 Å². The summed E-state index contributed by atoms with van der Waals surface area (Å²) in [7, 11) is 0. The Labute approximate surface area is 287 Å². The third-order valence-corrected chi connectivity index (χ3v) is 10.0. The highest BCUT2D eigenvalue weighted by atomic mass is 32.2. The van der Waals surface area contributed by atoms with Gasteiger partial charge in [0.05, 0.1) is 24.8 Å². The summed E-state index contributed by atoms with van der Waals surface area (Å²) in [6.07, 6.45) is 0.865. The number of aliphatic hydroxyl groups excluding tert-OH is 1. The second kappa shape index (κ2) is 14.7. The van der Waals surface area contributed by atoms with Gasteiger partial charge in [-0.2, -0.15) is 0 Å². The number of hydrogen-bond acceptors (Lipinski definition) is 11. The molecular formula is C36H37N3O7S2. The molecule has 1 saturated heterocycles. The van der Waals surface area contributed by atoms with Crippen molar-refractivity contribution in [1.82, 2.24) is 10.2 Å². The summed E-state index contributed by atoms with van der Waals surface area (Å²) in [6.45, 7) is 9.81. The van der Waals surface area contributed by atoms with Crippen molar-refractivity contribution in [3.63, 3.8) is 0 Å². The van der Waals surface area contributed by atoms with Gasteiger partial charge in [0.1, 0.15) is 19.0 Å². The molecule has 250 valence electrons. The van der Waals surface area contributed by atoms with E-state index in [9.17, 15) is 14.7 Å². The van der Waals surface area contributed by atoms with Crippen molar-refractivity contribution in [2.24, 2.45) is 5.92 Å². The molecule has 12 heteroatoms. The highest BCUT2D eigenvalue weighted by Crippen LogP contribution is 2.46. The molecule has 3 heterocycles. The minimum atomic E-state index is -1.02. The molecule has 0 saturated carbocycles. The fourth-order valence-electron chi connectivity index (χ4n) is 5.37. The molecule has 4 aromatic rings. The lowest BCUT2D eigenvalue weighted by Crippen LogP contribution is -2.29. The number of aliphatic hydroxyl groups is 1. The van der Waals surface area contributed by atoms with Crippen LogP contribution in [0.25, 0.3) is 5.76 Å². The van der Waals surface area contributed by atoms with Crippen molar-refractivity contribution in [3.05, 3.63) is 88.5 Å². The topological polar surface area (TPSA) is 120 Å². The van der Waals surface area contributed by atoms with Crippen molar-refractivity contribution >= 4 is 45.7 Å². The molecule has 1 fully saturated rings. The van der Waals surface area contributed by atoms with Crippen LogP contribution in [0.1, 0.15) is 55.5 Å². The van der Waals surface area contributed by atoms with Gasteiger partial charge in [-0.1, -0.05) is 72.8 Å². The molecule has 2 aliphatic heterocycles. The predicted octanol–water partition coefficient (Wildman–Crippen LogP) is 7.36. The number of rotatable bonds is 12. The van der Waals surface area contributed by atoms with E-state index in [2.05, 4.69) is 48.3 Å². The van der Waals surface area contributed by atoms with Gasteiger partial charge in [0.25, 0.3) is 5.78 Å². The van der Waals surface area contributed by atoms with Crippen LogP contribution in [0.15, 0.2) is 70.6 Å². The Morgan fingerprint density at radius 2 is 1.77 bits per heavy atom. The molecule has 1 N–H and O–H groups in total. The Morgan fingerprint density at radius 1 is 1.00 bits per heavy atom. The van der Waals surface area contributed by atoms with E-state index in [0.717, 1.165) is 12.0 Å². The third kappa shape index (κ3) is 7.14. The number of hydrogen-bond donors (Lipinski definition) is 1. The number of aryl methyl sites for hydroxylation is 1. The summed E-state index contributed by atoms with van der Waals surface area (Å²) in [5, 5.41) is 20.7. The van der Waals surface area contributed by atoms with Crippen LogP contribution in [0.5, 0.6) is 23.0 Å². The first kappa shape index (κ1) is 33.4. The summed E-state index contributed by atoms with van der Waals surface area (Å²) >= 11 is 2.71. The molecule has 3 aromatic carbocycles. The SMILES string of the molecule is CCOc1cc([C@@H]2/C(=C(\O)c3ccc4c(c3)OCCO4)C(=O)C(=O)N2c2nnc(SCc3ccc(C)cc3)s2)ccc1OCCC(C)C. The van der Waals surface area contributed by atoms with E-state index in [0.29, 0.717) is 76.6 Å². The molecule has 10 nitrogen and oxygen atoms in total. The number of amides is 1. The summed E-state index contributed by atoms with van der Waals surface area (Å²) in [6, 6.07) is 17.4. The minimum Gasteiger partial charge on any atom is -0.507 e. The van der Waals surface area contributed by atoms with E-state index in [1.54, 1.807) is 36.4 Å². The average molecular weight is 688 g/mol. The Balaban J connectivity index is 1.40. The van der Waals surface area contributed by atoms with Crippen molar-refractivity contribution in [2.45, 2.75) is 50.3 Å². The summed E-state index contributed by atoms with van der Waals surface area (Å²) in [5.41, 5.74) is 3.07. The molecule has 0 bridgehead atoms. The van der Waals surface area contributed by atoms with Gasteiger partial charge in [0, 0.05) is 11.3 Å². The minimum absolute atomic E-state index is 0.0864. The average Bonchev–Trinajstić information content (AvgIpc) is 3.66. The van der Waals surface area contributed by atoms with Gasteiger partial charge in [-0.3, -0.25) is 14.5 Å². The fourth-order valence-corrected chi connectivity index (χ4v) is 7.19. The van der Waals surface area contributed by atoms with E-state index in [1.165, 1.54) is 33.6 Å². The molecule has 0 radical (unpaired) electrons. The Kier molecular flexibility index (Phi) is 10.2. The van der Waals surface area contributed by atoms with Crippen molar-refractivity contribution in [1.29, 1.82) is 0 Å². The number of ketones is 1. The first-order valence-electron chi connectivity index (χ1n) is 15.9. The summed E-state index contributed by atoms with van der Waals surface area (Å²) in [4.78, 5) is 29.0. The number of aromatic nitrogens is 2. The Hall–Kier alpha value is -4.55. The Morgan fingerprint density at radius 3 is 2.52 bits per heavy atom. The summed E-state index contributed by atoms with van der Waals surface area (Å²) < 4.78 is 24.0. The maximum Gasteiger partial charge on any atom is 0.301 e. The zero-order valence-corrected chi connectivity index (χ0v) is 28.9. The molecule has 0 unspecified atom stereocenters. The number of Topliss-reactive ketones (excluding diaryl/α,β-unsaturated/α-hetero) is 1. The Bertz CT molecular complexity index is 1840. The normalized spacial score (nSPS) is 16.9. The standard InChI is InChI=1S/C36H37N3O7S2/c1-5-43-28-18-24(10-12-26(28)44-15-14-21(2)3)31-30(32(40)25-11-13-27-29(19-25)46-17-16-45-27)33(41)34(42)39(31)35-37-38-36(48-35)47-20-23-8-6-22(4)7-9-23/h6-13,18-19,21,31,40H,5,14-17,20H2,1-4H3/b32-30+/t31-/m1/s1. The molecule has 2 aliphatic rings. The fraction of sp³-hybridized carbons (Fsp3) is 0.333. The number of benzene rings is 3. The van der Waals surface area contributed by atoms with E-state index < -0.39 is 17.7 Å². The van der Waals surface area contributed by atoms with Crippen LogP contribution < -0.4 is 23.8 Å². The zero-order chi connectivity index (χ0) is 33.8.